The number of furan rings is 1. The third kappa shape index (κ3) is 6.43. The fourth-order valence-electron chi connectivity index (χ4n) is 2.82. The number of nitrogens with zero attached hydrogens (tertiary/aromatic N) is 1. The Morgan fingerprint density at radius 1 is 1.44 bits per heavy atom. The van der Waals surface area contributed by atoms with Crippen molar-refractivity contribution in [1.82, 2.24) is 10.6 Å². The number of halogens is 1. The Balaban J connectivity index is 0.00000312. The average Bonchev–Trinajstić information content (AvgIpc) is 3.23. The minimum atomic E-state index is -1.16. The second-order valence-electron chi connectivity index (χ2n) is 6.58. The number of aliphatic hydroxyl groups excluding tert-OH is 1. The van der Waals surface area contributed by atoms with Crippen LogP contribution in [0.15, 0.2) is 27.8 Å². The molecule has 25 heavy (non-hydrogen) atoms. The van der Waals surface area contributed by atoms with E-state index in [4.69, 9.17) is 9.15 Å². The Bertz CT molecular complexity index is 514. The highest BCUT2D eigenvalue weighted by molar-refractivity contribution is 14.0. The maximum Gasteiger partial charge on any atom is 0.191 e. The molecular weight excluding hydrogens is 437 g/mol. The topological polar surface area (TPSA) is 99.3 Å². The molecule has 0 radical (unpaired) electrons. The van der Waals surface area contributed by atoms with Gasteiger partial charge in [-0.2, -0.15) is 0 Å². The van der Waals surface area contributed by atoms with E-state index >= 15 is 0 Å². The van der Waals surface area contributed by atoms with E-state index in [0.717, 1.165) is 19.6 Å². The third-order valence-electron chi connectivity index (χ3n) is 4.40. The molecule has 8 heteroatoms. The van der Waals surface area contributed by atoms with Crippen molar-refractivity contribution in [3.05, 3.63) is 24.2 Å². The maximum atomic E-state index is 10.5. The van der Waals surface area contributed by atoms with Gasteiger partial charge in [0, 0.05) is 31.7 Å². The van der Waals surface area contributed by atoms with Crippen LogP contribution in [0.5, 0.6) is 0 Å². The summed E-state index contributed by atoms with van der Waals surface area (Å²) < 4.78 is 10.8. The molecule has 2 heterocycles. The Hall–Kier alpha value is -0.840. The lowest BCUT2D eigenvalue weighted by atomic mass is 9.84. The van der Waals surface area contributed by atoms with E-state index in [1.54, 1.807) is 19.1 Å². The number of aliphatic imine (C=N–C) groups is 1. The van der Waals surface area contributed by atoms with Gasteiger partial charge in [0.1, 0.15) is 11.4 Å². The van der Waals surface area contributed by atoms with E-state index in [9.17, 15) is 10.2 Å². The first-order valence-corrected chi connectivity index (χ1v) is 8.48. The quantitative estimate of drug-likeness (QED) is 0.263. The molecule has 1 aromatic heterocycles. The lowest BCUT2D eigenvalue weighted by Crippen LogP contribution is -2.45. The highest BCUT2D eigenvalue weighted by atomic mass is 127. The molecule has 0 aromatic carbocycles. The first-order chi connectivity index (χ1) is 11.5. The molecule has 2 rings (SSSR count). The van der Waals surface area contributed by atoms with Gasteiger partial charge < -0.3 is 30.0 Å². The minimum Gasteiger partial charge on any atom is -0.466 e. The van der Waals surface area contributed by atoms with Gasteiger partial charge in [-0.3, -0.25) is 0 Å². The molecule has 2 unspecified atom stereocenters. The minimum absolute atomic E-state index is 0. The molecule has 144 valence electrons. The molecule has 1 aliphatic heterocycles. The predicted molar refractivity (Wildman–Crippen MR) is 107 cm³/mol. The molecule has 4 N–H and O–H groups in total. The molecule has 0 saturated carbocycles. The average molecular weight is 467 g/mol. The van der Waals surface area contributed by atoms with Crippen LogP contribution >= 0.6 is 24.0 Å². The van der Waals surface area contributed by atoms with Crippen molar-refractivity contribution in [2.75, 3.05) is 39.5 Å². The Kier molecular flexibility index (Phi) is 9.19. The smallest absolute Gasteiger partial charge is 0.191 e. The van der Waals surface area contributed by atoms with Gasteiger partial charge in [-0.15, -0.1) is 24.0 Å². The highest BCUT2D eigenvalue weighted by Gasteiger charge is 2.34. The number of hydrogen-bond acceptors (Lipinski definition) is 5. The Morgan fingerprint density at radius 2 is 2.24 bits per heavy atom. The molecule has 0 aliphatic carbocycles. The highest BCUT2D eigenvalue weighted by Crippen LogP contribution is 2.31. The lowest BCUT2D eigenvalue weighted by Gasteiger charge is -2.28. The van der Waals surface area contributed by atoms with E-state index < -0.39 is 5.60 Å². The third-order valence-corrected chi connectivity index (χ3v) is 4.40. The predicted octanol–water partition coefficient (Wildman–Crippen LogP) is 1.45. The molecule has 1 saturated heterocycles. The molecule has 0 bridgehead atoms. The summed E-state index contributed by atoms with van der Waals surface area (Å²) in [5.41, 5.74) is -1.22. The van der Waals surface area contributed by atoms with E-state index in [0.29, 0.717) is 31.3 Å². The molecule has 1 aromatic rings. The zero-order chi connectivity index (χ0) is 17.5. The SMILES string of the molecule is CCNC(=NCC(C)(O)c1ccco1)NCC1(CCO)CCOC1.I. The van der Waals surface area contributed by atoms with E-state index in [1.807, 2.05) is 6.92 Å². The first-order valence-electron chi connectivity index (χ1n) is 8.48. The van der Waals surface area contributed by atoms with Crippen LogP contribution in [0.25, 0.3) is 0 Å². The van der Waals surface area contributed by atoms with Crippen LogP contribution < -0.4 is 10.6 Å². The van der Waals surface area contributed by atoms with Crippen LogP contribution in [0, 0.1) is 5.41 Å². The van der Waals surface area contributed by atoms with Crippen LogP contribution in [-0.4, -0.2) is 55.6 Å². The zero-order valence-electron chi connectivity index (χ0n) is 15.0. The van der Waals surface area contributed by atoms with Crippen LogP contribution in [0.3, 0.4) is 0 Å². The van der Waals surface area contributed by atoms with Gasteiger partial charge in [-0.1, -0.05) is 0 Å². The van der Waals surface area contributed by atoms with Crippen molar-refractivity contribution in [2.45, 2.75) is 32.3 Å². The summed E-state index contributed by atoms with van der Waals surface area (Å²) in [5, 5.41) is 26.3. The van der Waals surface area contributed by atoms with Crippen molar-refractivity contribution >= 4 is 29.9 Å². The van der Waals surface area contributed by atoms with Crippen molar-refractivity contribution in [2.24, 2.45) is 10.4 Å². The summed E-state index contributed by atoms with van der Waals surface area (Å²) >= 11 is 0. The standard InChI is InChI=1S/C17H29N3O4.HI/c1-3-18-15(19-11-16(2,22)14-5-4-9-24-14)20-12-17(6-8-21)7-10-23-13-17;/h4-5,9,21-22H,3,6-8,10-13H2,1-2H3,(H2,18,19,20);1H. The van der Waals surface area contributed by atoms with Gasteiger partial charge in [0.25, 0.3) is 0 Å². The summed E-state index contributed by atoms with van der Waals surface area (Å²) in [4.78, 5) is 4.47. The van der Waals surface area contributed by atoms with Gasteiger partial charge in [-0.25, -0.2) is 4.99 Å². The van der Waals surface area contributed by atoms with Crippen LogP contribution in [-0.2, 0) is 10.3 Å². The fraction of sp³-hybridized carbons (Fsp3) is 0.706. The summed E-state index contributed by atoms with van der Waals surface area (Å²) in [6, 6.07) is 3.48. The number of guanidine groups is 1. The molecule has 7 nitrogen and oxygen atoms in total. The second kappa shape index (κ2) is 10.3. The van der Waals surface area contributed by atoms with Gasteiger partial charge in [-0.05, 0) is 38.8 Å². The van der Waals surface area contributed by atoms with Crippen molar-refractivity contribution in [3.63, 3.8) is 0 Å². The molecular formula is C17H30IN3O4. The van der Waals surface area contributed by atoms with Crippen molar-refractivity contribution in [1.29, 1.82) is 0 Å². The maximum absolute atomic E-state index is 10.5. The fourth-order valence-corrected chi connectivity index (χ4v) is 2.82. The van der Waals surface area contributed by atoms with Crippen LogP contribution in [0.1, 0.15) is 32.4 Å². The van der Waals surface area contributed by atoms with E-state index in [-0.39, 0.29) is 42.5 Å². The van der Waals surface area contributed by atoms with Gasteiger partial charge in [0.05, 0.1) is 19.4 Å². The molecule has 0 amide bonds. The van der Waals surface area contributed by atoms with Gasteiger partial charge in [0.2, 0.25) is 0 Å². The first kappa shape index (κ1) is 22.2. The van der Waals surface area contributed by atoms with Crippen molar-refractivity contribution in [3.8, 4) is 0 Å². The monoisotopic (exact) mass is 467 g/mol. The number of rotatable bonds is 8. The van der Waals surface area contributed by atoms with E-state index in [1.165, 1.54) is 6.26 Å². The Labute approximate surface area is 166 Å². The summed E-state index contributed by atoms with van der Waals surface area (Å²) in [6.07, 6.45) is 3.16. The lowest BCUT2D eigenvalue weighted by molar-refractivity contribution is 0.0436. The normalized spacial score (nSPS) is 23.0. The largest absolute Gasteiger partial charge is 0.466 e. The molecule has 1 aliphatic rings. The summed E-state index contributed by atoms with van der Waals surface area (Å²) in [6.45, 7) is 6.75. The van der Waals surface area contributed by atoms with E-state index in [2.05, 4.69) is 15.6 Å². The zero-order valence-corrected chi connectivity index (χ0v) is 17.3. The second-order valence-corrected chi connectivity index (χ2v) is 6.58. The molecule has 2 atom stereocenters. The Morgan fingerprint density at radius 3 is 2.80 bits per heavy atom. The number of aliphatic hydroxyl groups is 2. The number of ether oxygens (including phenoxy) is 1. The van der Waals surface area contributed by atoms with Gasteiger partial charge in [0.15, 0.2) is 5.96 Å². The van der Waals surface area contributed by atoms with Gasteiger partial charge >= 0.3 is 0 Å². The van der Waals surface area contributed by atoms with Crippen molar-refractivity contribution < 1.29 is 19.4 Å². The molecule has 0 spiro atoms. The van der Waals surface area contributed by atoms with Crippen LogP contribution in [0.2, 0.25) is 0 Å². The summed E-state index contributed by atoms with van der Waals surface area (Å²) in [5.74, 6) is 1.12. The number of hydrogen-bond donors (Lipinski definition) is 4. The molecule has 1 fully saturated rings. The summed E-state index contributed by atoms with van der Waals surface area (Å²) in [7, 11) is 0. The number of nitrogens with one attached hydrogen (secondary N) is 2. The van der Waals surface area contributed by atoms with Crippen LogP contribution in [0.4, 0.5) is 0 Å².